The van der Waals surface area contributed by atoms with Gasteiger partial charge in [-0.25, -0.2) is 0 Å². The number of hydrogen-bond donors (Lipinski definition) is 0. The van der Waals surface area contributed by atoms with Crippen molar-refractivity contribution in [1.29, 1.82) is 0 Å². The molecule has 0 radical (unpaired) electrons. The van der Waals surface area contributed by atoms with E-state index >= 15 is 0 Å². The molecule has 0 aliphatic rings. The fourth-order valence-electron chi connectivity index (χ4n) is 2.04. The van der Waals surface area contributed by atoms with Gasteiger partial charge in [-0.05, 0) is 59.3 Å². The molecule has 1 heterocycles. The van der Waals surface area contributed by atoms with Crippen molar-refractivity contribution in [2.45, 2.75) is 25.6 Å². The van der Waals surface area contributed by atoms with Crippen LogP contribution in [0.5, 0.6) is 0 Å². The molecule has 0 saturated carbocycles. The maximum absolute atomic E-state index is 6.51. The number of benzene rings is 1. The molecule has 0 spiro atoms. The molecule has 0 saturated heterocycles. The van der Waals surface area contributed by atoms with E-state index in [0.717, 1.165) is 6.42 Å². The summed E-state index contributed by atoms with van der Waals surface area (Å²) >= 11 is 8.24. The second kappa shape index (κ2) is 5.03. The van der Waals surface area contributed by atoms with E-state index in [9.17, 15) is 0 Å². The second-order valence-corrected chi connectivity index (χ2v) is 5.42. The first-order valence-corrected chi connectivity index (χ1v) is 6.77. The fraction of sp³-hybridized carbons (Fsp3) is 0.286. The lowest BCUT2D eigenvalue weighted by Gasteiger charge is -2.15. The van der Waals surface area contributed by atoms with Crippen LogP contribution in [0, 0.1) is 13.8 Å². The third-order valence-corrected chi connectivity index (χ3v) is 3.95. The van der Waals surface area contributed by atoms with Gasteiger partial charge in [0.15, 0.2) is 0 Å². The van der Waals surface area contributed by atoms with Gasteiger partial charge < -0.3 is 0 Å². The van der Waals surface area contributed by atoms with Crippen LogP contribution >= 0.6 is 22.9 Å². The number of aryl methyl sites for hydroxylation is 2. The molecule has 0 amide bonds. The van der Waals surface area contributed by atoms with E-state index in [-0.39, 0.29) is 5.38 Å². The van der Waals surface area contributed by atoms with Gasteiger partial charge >= 0.3 is 0 Å². The minimum Gasteiger partial charge on any atom is -0.152 e. The SMILES string of the molecule is Cc1cccc(C)c1C(Cl)Cc1ccsc1. The summed E-state index contributed by atoms with van der Waals surface area (Å²) in [5.41, 5.74) is 5.19. The number of thiophene rings is 1. The minimum atomic E-state index is 0.0794. The van der Waals surface area contributed by atoms with Crippen molar-refractivity contribution in [2.24, 2.45) is 0 Å². The van der Waals surface area contributed by atoms with Crippen molar-refractivity contribution in [2.75, 3.05) is 0 Å². The minimum absolute atomic E-state index is 0.0794. The van der Waals surface area contributed by atoms with Crippen molar-refractivity contribution >= 4 is 22.9 Å². The Kier molecular flexibility index (Phi) is 3.67. The first-order valence-electron chi connectivity index (χ1n) is 5.39. The highest BCUT2D eigenvalue weighted by molar-refractivity contribution is 7.07. The highest BCUT2D eigenvalue weighted by Crippen LogP contribution is 2.30. The Hall–Kier alpha value is -0.790. The zero-order chi connectivity index (χ0) is 11.5. The Labute approximate surface area is 106 Å². The van der Waals surface area contributed by atoms with Crippen LogP contribution in [0.4, 0.5) is 0 Å². The molecule has 1 unspecified atom stereocenters. The van der Waals surface area contributed by atoms with Gasteiger partial charge in [0.2, 0.25) is 0 Å². The van der Waals surface area contributed by atoms with E-state index in [4.69, 9.17) is 11.6 Å². The third kappa shape index (κ3) is 2.47. The van der Waals surface area contributed by atoms with Crippen molar-refractivity contribution in [3.05, 3.63) is 57.3 Å². The molecule has 0 fully saturated rings. The van der Waals surface area contributed by atoms with Gasteiger partial charge in [0.1, 0.15) is 0 Å². The van der Waals surface area contributed by atoms with Gasteiger partial charge in [-0.3, -0.25) is 0 Å². The quantitative estimate of drug-likeness (QED) is 0.681. The smallest absolute Gasteiger partial charge is 0.0630 e. The molecule has 0 aliphatic carbocycles. The molecular formula is C14H15ClS. The summed E-state index contributed by atoms with van der Waals surface area (Å²) in [6.07, 6.45) is 0.913. The van der Waals surface area contributed by atoms with Crippen LogP contribution in [0.15, 0.2) is 35.0 Å². The summed E-state index contributed by atoms with van der Waals surface area (Å²) < 4.78 is 0. The third-order valence-electron chi connectivity index (χ3n) is 2.85. The van der Waals surface area contributed by atoms with Crippen LogP contribution in [0.3, 0.4) is 0 Å². The van der Waals surface area contributed by atoms with Gasteiger partial charge in [0.05, 0.1) is 5.38 Å². The number of rotatable bonds is 3. The monoisotopic (exact) mass is 250 g/mol. The Morgan fingerprint density at radius 3 is 2.44 bits per heavy atom. The van der Waals surface area contributed by atoms with Gasteiger partial charge in [-0.15, -0.1) is 11.6 Å². The summed E-state index contributed by atoms with van der Waals surface area (Å²) in [5.74, 6) is 0. The van der Waals surface area contributed by atoms with Gasteiger partial charge in [-0.1, -0.05) is 18.2 Å². The van der Waals surface area contributed by atoms with E-state index in [1.807, 2.05) is 0 Å². The standard InChI is InChI=1S/C14H15ClS/c1-10-4-3-5-11(2)14(10)13(15)8-12-6-7-16-9-12/h3-7,9,13H,8H2,1-2H3. The topological polar surface area (TPSA) is 0 Å². The lowest BCUT2D eigenvalue weighted by atomic mass is 9.97. The highest BCUT2D eigenvalue weighted by Gasteiger charge is 2.13. The number of alkyl halides is 1. The van der Waals surface area contributed by atoms with E-state index < -0.39 is 0 Å². The Morgan fingerprint density at radius 2 is 1.88 bits per heavy atom. The molecule has 2 aromatic rings. The largest absolute Gasteiger partial charge is 0.152 e. The van der Waals surface area contributed by atoms with Crippen LogP contribution in [0.25, 0.3) is 0 Å². The molecule has 2 heteroatoms. The average molecular weight is 251 g/mol. The molecule has 0 nitrogen and oxygen atoms in total. The summed E-state index contributed by atoms with van der Waals surface area (Å²) in [6, 6.07) is 8.49. The predicted molar refractivity (Wildman–Crippen MR) is 72.5 cm³/mol. The predicted octanol–water partition coefficient (Wildman–Crippen LogP) is 4.89. The first-order chi connectivity index (χ1) is 7.68. The van der Waals surface area contributed by atoms with E-state index in [2.05, 4.69) is 48.9 Å². The van der Waals surface area contributed by atoms with Crippen LogP contribution in [0.2, 0.25) is 0 Å². The fourth-order valence-corrected chi connectivity index (χ4v) is 3.24. The molecule has 0 bridgehead atoms. The Morgan fingerprint density at radius 1 is 1.19 bits per heavy atom. The van der Waals surface area contributed by atoms with Crippen molar-refractivity contribution < 1.29 is 0 Å². The molecule has 84 valence electrons. The van der Waals surface area contributed by atoms with Crippen LogP contribution in [-0.4, -0.2) is 0 Å². The second-order valence-electron chi connectivity index (χ2n) is 4.11. The number of hydrogen-bond acceptors (Lipinski definition) is 1. The summed E-state index contributed by atoms with van der Waals surface area (Å²) in [6.45, 7) is 4.26. The Balaban J connectivity index is 2.24. The van der Waals surface area contributed by atoms with Gasteiger partial charge in [0.25, 0.3) is 0 Å². The lowest BCUT2D eigenvalue weighted by Crippen LogP contribution is -2.00. The van der Waals surface area contributed by atoms with Crippen LogP contribution in [-0.2, 0) is 6.42 Å². The van der Waals surface area contributed by atoms with Crippen molar-refractivity contribution in [3.63, 3.8) is 0 Å². The molecule has 1 atom stereocenters. The molecule has 16 heavy (non-hydrogen) atoms. The van der Waals surface area contributed by atoms with Gasteiger partial charge in [0, 0.05) is 0 Å². The van der Waals surface area contributed by atoms with Crippen LogP contribution < -0.4 is 0 Å². The average Bonchev–Trinajstić information content (AvgIpc) is 2.70. The summed E-state index contributed by atoms with van der Waals surface area (Å²) in [7, 11) is 0. The van der Waals surface area contributed by atoms with E-state index in [1.165, 1.54) is 22.3 Å². The summed E-state index contributed by atoms with van der Waals surface area (Å²) in [4.78, 5) is 0. The first kappa shape index (κ1) is 11.7. The maximum atomic E-state index is 6.51. The molecular weight excluding hydrogens is 236 g/mol. The molecule has 0 aliphatic heterocycles. The molecule has 2 rings (SSSR count). The molecule has 1 aromatic heterocycles. The Bertz CT molecular complexity index is 439. The zero-order valence-corrected chi connectivity index (χ0v) is 11.1. The van der Waals surface area contributed by atoms with E-state index in [0.29, 0.717) is 0 Å². The van der Waals surface area contributed by atoms with Gasteiger partial charge in [-0.2, -0.15) is 11.3 Å². The highest BCUT2D eigenvalue weighted by atomic mass is 35.5. The normalized spacial score (nSPS) is 12.7. The van der Waals surface area contributed by atoms with Crippen molar-refractivity contribution in [3.8, 4) is 0 Å². The molecule has 0 N–H and O–H groups in total. The van der Waals surface area contributed by atoms with E-state index in [1.54, 1.807) is 11.3 Å². The maximum Gasteiger partial charge on any atom is 0.0630 e. The number of halogens is 1. The zero-order valence-electron chi connectivity index (χ0n) is 9.53. The summed E-state index contributed by atoms with van der Waals surface area (Å²) in [5, 5.41) is 4.35. The molecule has 1 aromatic carbocycles. The van der Waals surface area contributed by atoms with Crippen molar-refractivity contribution in [1.82, 2.24) is 0 Å². The lowest BCUT2D eigenvalue weighted by molar-refractivity contribution is 0.903. The van der Waals surface area contributed by atoms with Crippen LogP contribution in [0.1, 0.15) is 27.6 Å².